The molecule has 1 aliphatic carbocycles. The van der Waals surface area contributed by atoms with E-state index in [1.165, 1.54) is 6.07 Å². The summed E-state index contributed by atoms with van der Waals surface area (Å²) in [7, 11) is 0. The molecule has 0 bridgehead atoms. The van der Waals surface area contributed by atoms with Gasteiger partial charge in [0, 0.05) is 16.2 Å². The fourth-order valence-electron chi connectivity index (χ4n) is 2.48. The Morgan fingerprint density at radius 2 is 1.74 bits per heavy atom. The molecule has 1 aromatic carbocycles. The number of anilines is 1. The molecule has 0 saturated heterocycles. The molecule has 106 valence electrons. The van der Waals surface area contributed by atoms with E-state index in [1.807, 2.05) is 0 Å². The Morgan fingerprint density at radius 3 is 2.32 bits per heavy atom. The van der Waals surface area contributed by atoms with Gasteiger partial charge in [-0.2, -0.15) is 13.2 Å². The topological polar surface area (TPSA) is 12.0 Å². The van der Waals surface area contributed by atoms with Gasteiger partial charge < -0.3 is 5.32 Å². The van der Waals surface area contributed by atoms with E-state index < -0.39 is 11.7 Å². The number of benzene rings is 1. The minimum Gasteiger partial charge on any atom is -0.382 e. The molecular formula is C14H17BrF3N. The molecule has 0 spiro atoms. The number of rotatable bonds is 2. The number of nitrogens with one attached hydrogen (secondary N) is 1. The Bertz CT molecular complexity index is 437. The first-order valence-corrected chi connectivity index (χ1v) is 7.28. The summed E-state index contributed by atoms with van der Waals surface area (Å²) in [6, 6.07) is 4.27. The molecule has 1 N–H and O–H groups in total. The van der Waals surface area contributed by atoms with Crippen LogP contribution in [0.4, 0.5) is 18.9 Å². The molecule has 19 heavy (non-hydrogen) atoms. The standard InChI is InChI=1S/C14H17BrF3N/c1-9-2-4-12(5-3-9)19-13-7-10(14(16,17)18)6-11(15)8-13/h6-9,12,19H,2-5H2,1H3. The molecule has 1 aliphatic rings. The molecule has 5 heteroatoms. The van der Waals surface area contributed by atoms with Gasteiger partial charge >= 0.3 is 6.18 Å². The molecule has 0 radical (unpaired) electrons. The summed E-state index contributed by atoms with van der Waals surface area (Å²) >= 11 is 3.14. The molecule has 2 rings (SSSR count). The molecule has 0 atom stereocenters. The van der Waals surface area contributed by atoms with Crippen molar-refractivity contribution in [1.82, 2.24) is 0 Å². The van der Waals surface area contributed by atoms with Gasteiger partial charge in [0.15, 0.2) is 0 Å². The van der Waals surface area contributed by atoms with E-state index in [0.717, 1.165) is 37.7 Å². The van der Waals surface area contributed by atoms with Crippen LogP contribution in [0.3, 0.4) is 0 Å². The van der Waals surface area contributed by atoms with E-state index in [9.17, 15) is 13.2 Å². The quantitative estimate of drug-likeness (QED) is 0.756. The Hall–Kier alpha value is -0.710. The van der Waals surface area contributed by atoms with Crippen LogP contribution in [0.2, 0.25) is 0 Å². The summed E-state index contributed by atoms with van der Waals surface area (Å²) in [6.45, 7) is 2.22. The van der Waals surface area contributed by atoms with Crippen molar-refractivity contribution in [3.05, 3.63) is 28.2 Å². The Balaban J connectivity index is 2.10. The van der Waals surface area contributed by atoms with Gasteiger partial charge in [0.05, 0.1) is 5.56 Å². The Morgan fingerprint density at radius 1 is 1.11 bits per heavy atom. The first-order valence-electron chi connectivity index (χ1n) is 6.49. The predicted octanol–water partition coefficient (Wildman–Crippen LogP) is 5.46. The summed E-state index contributed by atoms with van der Waals surface area (Å²) in [5, 5.41) is 3.22. The van der Waals surface area contributed by atoms with E-state index in [-0.39, 0.29) is 6.04 Å². The number of alkyl halides is 3. The zero-order valence-corrected chi connectivity index (χ0v) is 12.3. The van der Waals surface area contributed by atoms with Crippen molar-refractivity contribution in [3.63, 3.8) is 0 Å². The molecule has 0 heterocycles. The second-order valence-corrected chi connectivity index (χ2v) is 6.24. The maximum absolute atomic E-state index is 12.7. The van der Waals surface area contributed by atoms with Crippen LogP contribution in [-0.4, -0.2) is 6.04 Å². The van der Waals surface area contributed by atoms with Crippen LogP contribution in [0.15, 0.2) is 22.7 Å². The molecule has 1 fully saturated rings. The summed E-state index contributed by atoms with van der Waals surface area (Å²) in [5.74, 6) is 0.728. The van der Waals surface area contributed by atoms with Gasteiger partial charge in [-0.3, -0.25) is 0 Å². The fraction of sp³-hybridized carbons (Fsp3) is 0.571. The number of halogens is 4. The number of hydrogen-bond donors (Lipinski definition) is 1. The van der Waals surface area contributed by atoms with E-state index in [4.69, 9.17) is 0 Å². The van der Waals surface area contributed by atoms with Crippen LogP contribution in [0.5, 0.6) is 0 Å². The lowest BCUT2D eigenvalue weighted by Crippen LogP contribution is -2.25. The SMILES string of the molecule is CC1CCC(Nc2cc(Br)cc(C(F)(F)F)c2)CC1. The largest absolute Gasteiger partial charge is 0.416 e. The lowest BCUT2D eigenvalue weighted by Gasteiger charge is -2.28. The maximum atomic E-state index is 12.7. The van der Waals surface area contributed by atoms with E-state index in [2.05, 4.69) is 28.2 Å². The highest BCUT2D eigenvalue weighted by Gasteiger charge is 2.31. The summed E-state index contributed by atoms with van der Waals surface area (Å²) in [4.78, 5) is 0. The highest BCUT2D eigenvalue weighted by Crippen LogP contribution is 2.34. The molecule has 1 aromatic rings. The van der Waals surface area contributed by atoms with Crippen molar-refractivity contribution < 1.29 is 13.2 Å². The highest BCUT2D eigenvalue weighted by atomic mass is 79.9. The third kappa shape index (κ3) is 4.13. The van der Waals surface area contributed by atoms with Gasteiger partial charge in [-0.1, -0.05) is 22.9 Å². The van der Waals surface area contributed by atoms with Gasteiger partial charge in [-0.05, 0) is 49.8 Å². The van der Waals surface area contributed by atoms with Crippen LogP contribution < -0.4 is 5.32 Å². The van der Waals surface area contributed by atoms with Gasteiger partial charge in [0.25, 0.3) is 0 Å². The van der Waals surface area contributed by atoms with Gasteiger partial charge in [0.2, 0.25) is 0 Å². The maximum Gasteiger partial charge on any atom is 0.416 e. The number of hydrogen-bond acceptors (Lipinski definition) is 1. The molecule has 0 unspecified atom stereocenters. The van der Waals surface area contributed by atoms with Crippen molar-refractivity contribution in [2.45, 2.75) is 44.8 Å². The van der Waals surface area contributed by atoms with Gasteiger partial charge in [-0.25, -0.2) is 0 Å². The van der Waals surface area contributed by atoms with Crippen LogP contribution in [0, 0.1) is 5.92 Å². The molecule has 1 nitrogen and oxygen atoms in total. The van der Waals surface area contributed by atoms with Gasteiger partial charge in [0.1, 0.15) is 0 Å². The third-order valence-corrected chi connectivity index (χ3v) is 4.07. The first kappa shape index (κ1) is 14.7. The minimum absolute atomic E-state index is 0.284. The average molecular weight is 336 g/mol. The third-order valence-electron chi connectivity index (χ3n) is 3.61. The van der Waals surface area contributed by atoms with Crippen LogP contribution >= 0.6 is 15.9 Å². The van der Waals surface area contributed by atoms with E-state index in [1.54, 1.807) is 6.07 Å². The van der Waals surface area contributed by atoms with Gasteiger partial charge in [-0.15, -0.1) is 0 Å². The van der Waals surface area contributed by atoms with Crippen molar-refractivity contribution in [1.29, 1.82) is 0 Å². The zero-order valence-electron chi connectivity index (χ0n) is 10.7. The highest BCUT2D eigenvalue weighted by molar-refractivity contribution is 9.10. The van der Waals surface area contributed by atoms with Crippen molar-refractivity contribution in [3.8, 4) is 0 Å². The minimum atomic E-state index is -4.30. The van der Waals surface area contributed by atoms with Crippen molar-refractivity contribution in [2.24, 2.45) is 5.92 Å². The monoisotopic (exact) mass is 335 g/mol. The Kier molecular flexibility index (Phi) is 4.43. The van der Waals surface area contributed by atoms with Crippen molar-refractivity contribution in [2.75, 3.05) is 5.32 Å². The zero-order chi connectivity index (χ0) is 14.0. The smallest absolute Gasteiger partial charge is 0.382 e. The first-order chi connectivity index (χ1) is 8.84. The fourth-order valence-corrected chi connectivity index (χ4v) is 2.97. The molecule has 1 saturated carbocycles. The summed E-state index contributed by atoms with van der Waals surface area (Å²) in [6.07, 6.45) is 0.0148. The molecule has 0 amide bonds. The lowest BCUT2D eigenvalue weighted by atomic mass is 9.87. The van der Waals surface area contributed by atoms with E-state index in [0.29, 0.717) is 10.2 Å². The molecule has 0 aromatic heterocycles. The lowest BCUT2D eigenvalue weighted by molar-refractivity contribution is -0.137. The van der Waals surface area contributed by atoms with Crippen LogP contribution in [0.1, 0.15) is 38.2 Å². The summed E-state index contributed by atoms with van der Waals surface area (Å²) in [5.41, 5.74) is -0.0743. The molecule has 0 aliphatic heterocycles. The van der Waals surface area contributed by atoms with Crippen molar-refractivity contribution >= 4 is 21.6 Å². The summed E-state index contributed by atoms with van der Waals surface area (Å²) < 4.78 is 38.6. The van der Waals surface area contributed by atoms with E-state index >= 15 is 0 Å². The van der Waals surface area contributed by atoms with Crippen LogP contribution in [-0.2, 0) is 6.18 Å². The average Bonchev–Trinajstić information content (AvgIpc) is 2.30. The second-order valence-electron chi connectivity index (χ2n) is 5.33. The molecular weight excluding hydrogens is 319 g/mol. The second kappa shape index (κ2) is 5.73. The van der Waals surface area contributed by atoms with Crippen LogP contribution in [0.25, 0.3) is 0 Å². The normalized spacial score (nSPS) is 24.3. The predicted molar refractivity (Wildman–Crippen MR) is 74.2 cm³/mol. The Labute approximate surface area is 119 Å².